The molecule has 1 aromatic rings. The van der Waals surface area contributed by atoms with E-state index < -0.39 is 0 Å². The van der Waals surface area contributed by atoms with Crippen LogP contribution in [0.2, 0.25) is 0 Å². The summed E-state index contributed by atoms with van der Waals surface area (Å²) >= 11 is 1.76. The SMILES string of the molecule is CC(NCC1CCOC1C)c1ccsc1. The van der Waals surface area contributed by atoms with Crippen LogP contribution in [0.3, 0.4) is 0 Å². The maximum Gasteiger partial charge on any atom is 0.0588 e. The van der Waals surface area contributed by atoms with Gasteiger partial charge in [0.2, 0.25) is 0 Å². The van der Waals surface area contributed by atoms with Gasteiger partial charge >= 0.3 is 0 Å². The fourth-order valence-electron chi connectivity index (χ4n) is 2.01. The van der Waals surface area contributed by atoms with Crippen LogP contribution in [-0.2, 0) is 4.74 Å². The van der Waals surface area contributed by atoms with Gasteiger partial charge in [0.05, 0.1) is 6.10 Å². The van der Waals surface area contributed by atoms with Crippen LogP contribution in [0.25, 0.3) is 0 Å². The predicted octanol–water partition coefficient (Wildman–Crippen LogP) is 2.82. The molecule has 1 aliphatic heterocycles. The molecule has 1 aromatic heterocycles. The van der Waals surface area contributed by atoms with E-state index in [9.17, 15) is 0 Å². The normalized spacial score (nSPS) is 28.1. The minimum Gasteiger partial charge on any atom is -0.378 e. The lowest BCUT2D eigenvalue weighted by molar-refractivity contribution is 0.105. The number of nitrogens with one attached hydrogen (secondary N) is 1. The molecule has 84 valence electrons. The second-order valence-electron chi connectivity index (χ2n) is 4.31. The van der Waals surface area contributed by atoms with Crippen molar-refractivity contribution in [3.05, 3.63) is 22.4 Å². The molecule has 1 fully saturated rings. The molecule has 15 heavy (non-hydrogen) atoms. The molecular weight excluding hydrogens is 206 g/mol. The lowest BCUT2D eigenvalue weighted by Crippen LogP contribution is -2.28. The molecule has 1 saturated heterocycles. The molecular formula is C12H19NOS. The first kappa shape index (κ1) is 11.1. The van der Waals surface area contributed by atoms with Gasteiger partial charge in [-0.3, -0.25) is 0 Å². The molecule has 0 radical (unpaired) electrons. The Balaban J connectivity index is 1.78. The Labute approximate surface area is 95.6 Å². The lowest BCUT2D eigenvalue weighted by Gasteiger charge is -2.18. The van der Waals surface area contributed by atoms with Crippen molar-refractivity contribution in [2.24, 2.45) is 5.92 Å². The minimum atomic E-state index is 0.423. The third kappa shape index (κ3) is 2.80. The Hall–Kier alpha value is -0.380. The van der Waals surface area contributed by atoms with Gasteiger partial charge < -0.3 is 10.1 Å². The fourth-order valence-corrected chi connectivity index (χ4v) is 2.77. The van der Waals surface area contributed by atoms with Crippen LogP contribution in [0.1, 0.15) is 31.9 Å². The number of thiophene rings is 1. The fraction of sp³-hybridized carbons (Fsp3) is 0.667. The van der Waals surface area contributed by atoms with E-state index >= 15 is 0 Å². The number of hydrogen-bond donors (Lipinski definition) is 1. The lowest BCUT2D eigenvalue weighted by atomic mass is 10.0. The molecule has 1 N–H and O–H groups in total. The summed E-state index contributed by atoms with van der Waals surface area (Å²) in [5, 5.41) is 7.93. The third-order valence-electron chi connectivity index (χ3n) is 3.26. The van der Waals surface area contributed by atoms with Crippen LogP contribution in [0.4, 0.5) is 0 Å². The van der Waals surface area contributed by atoms with E-state index in [0.717, 1.165) is 13.2 Å². The van der Waals surface area contributed by atoms with Crippen LogP contribution in [0, 0.1) is 5.92 Å². The van der Waals surface area contributed by atoms with E-state index in [1.165, 1.54) is 12.0 Å². The van der Waals surface area contributed by atoms with E-state index in [1.807, 2.05) is 0 Å². The van der Waals surface area contributed by atoms with Gasteiger partial charge in [-0.05, 0) is 48.6 Å². The molecule has 1 aliphatic rings. The standard InChI is InChI=1S/C12H19NOS/c1-9(12-4-6-15-8-12)13-7-11-3-5-14-10(11)2/h4,6,8-11,13H,3,5,7H2,1-2H3. The van der Waals surface area contributed by atoms with E-state index in [2.05, 4.69) is 36.0 Å². The number of ether oxygens (including phenoxy) is 1. The summed E-state index contributed by atoms with van der Waals surface area (Å²) in [6, 6.07) is 2.65. The van der Waals surface area contributed by atoms with Gasteiger partial charge in [0.1, 0.15) is 0 Å². The number of rotatable bonds is 4. The van der Waals surface area contributed by atoms with Crippen molar-refractivity contribution in [3.63, 3.8) is 0 Å². The van der Waals surface area contributed by atoms with Gasteiger partial charge in [0, 0.05) is 19.2 Å². The summed E-state index contributed by atoms with van der Waals surface area (Å²) in [5.41, 5.74) is 1.39. The first-order chi connectivity index (χ1) is 7.27. The first-order valence-corrected chi connectivity index (χ1v) is 6.58. The Morgan fingerprint density at radius 1 is 1.67 bits per heavy atom. The highest BCUT2D eigenvalue weighted by Crippen LogP contribution is 2.21. The molecule has 0 spiro atoms. The second-order valence-corrected chi connectivity index (χ2v) is 5.09. The summed E-state index contributed by atoms with van der Waals surface area (Å²) in [6.07, 6.45) is 1.62. The average molecular weight is 225 g/mol. The molecule has 2 heterocycles. The summed E-state index contributed by atoms with van der Waals surface area (Å²) in [5.74, 6) is 0.686. The average Bonchev–Trinajstić information content (AvgIpc) is 2.85. The van der Waals surface area contributed by atoms with Crippen molar-refractivity contribution in [2.45, 2.75) is 32.4 Å². The van der Waals surface area contributed by atoms with Gasteiger partial charge in [0.25, 0.3) is 0 Å². The Kier molecular flexibility index (Phi) is 3.78. The second kappa shape index (κ2) is 5.10. The molecule has 3 unspecified atom stereocenters. The highest BCUT2D eigenvalue weighted by atomic mass is 32.1. The zero-order chi connectivity index (χ0) is 10.7. The summed E-state index contributed by atoms with van der Waals surface area (Å²) in [7, 11) is 0. The first-order valence-electron chi connectivity index (χ1n) is 5.64. The molecule has 0 bridgehead atoms. The Morgan fingerprint density at radius 3 is 3.13 bits per heavy atom. The highest BCUT2D eigenvalue weighted by Gasteiger charge is 2.24. The maximum absolute atomic E-state index is 5.55. The smallest absolute Gasteiger partial charge is 0.0588 e. The van der Waals surface area contributed by atoms with E-state index in [-0.39, 0.29) is 0 Å². The molecule has 0 saturated carbocycles. The summed E-state index contributed by atoms with van der Waals surface area (Å²) < 4.78 is 5.55. The van der Waals surface area contributed by atoms with Crippen molar-refractivity contribution < 1.29 is 4.74 Å². The van der Waals surface area contributed by atoms with Crippen molar-refractivity contribution in [1.82, 2.24) is 5.32 Å². The zero-order valence-corrected chi connectivity index (χ0v) is 10.2. The van der Waals surface area contributed by atoms with Gasteiger partial charge in [-0.2, -0.15) is 11.3 Å². The molecule has 3 atom stereocenters. The van der Waals surface area contributed by atoms with Crippen LogP contribution >= 0.6 is 11.3 Å². The monoisotopic (exact) mass is 225 g/mol. The molecule has 0 amide bonds. The van der Waals surface area contributed by atoms with Gasteiger partial charge in [-0.25, -0.2) is 0 Å². The van der Waals surface area contributed by atoms with Gasteiger partial charge in [-0.1, -0.05) is 0 Å². The van der Waals surface area contributed by atoms with Crippen LogP contribution in [-0.4, -0.2) is 19.3 Å². The van der Waals surface area contributed by atoms with E-state index in [4.69, 9.17) is 4.74 Å². The van der Waals surface area contributed by atoms with Crippen molar-refractivity contribution in [3.8, 4) is 0 Å². The largest absolute Gasteiger partial charge is 0.378 e. The summed E-state index contributed by atoms with van der Waals surface area (Å²) in [6.45, 7) is 6.40. The van der Waals surface area contributed by atoms with Crippen LogP contribution in [0.15, 0.2) is 16.8 Å². The van der Waals surface area contributed by atoms with Gasteiger partial charge in [0.15, 0.2) is 0 Å². The van der Waals surface area contributed by atoms with Crippen LogP contribution < -0.4 is 5.32 Å². The van der Waals surface area contributed by atoms with E-state index in [1.54, 1.807) is 11.3 Å². The molecule has 0 aromatic carbocycles. The summed E-state index contributed by atoms with van der Waals surface area (Å²) in [4.78, 5) is 0. The zero-order valence-electron chi connectivity index (χ0n) is 9.40. The predicted molar refractivity (Wildman–Crippen MR) is 64.3 cm³/mol. The topological polar surface area (TPSA) is 21.3 Å². The van der Waals surface area contributed by atoms with E-state index in [0.29, 0.717) is 18.1 Å². The molecule has 2 rings (SSSR count). The highest BCUT2D eigenvalue weighted by molar-refractivity contribution is 7.07. The molecule has 2 nitrogen and oxygen atoms in total. The number of hydrogen-bond acceptors (Lipinski definition) is 3. The minimum absolute atomic E-state index is 0.423. The third-order valence-corrected chi connectivity index (χ3v) is 3.96. The quantitative estimate of drug-likeness (QED) is 0.851. The van der Waals surface area contributed by atoms with Crippen molar-refractivity contribution in [2.75, 3.05) is 13.2 Å². The maximum atomic E-state index is 5.55. The van der Waals surface area contributed by atoms with Gasteiger partial charge in [-0.15, -0.1) is 0 Å². The molecule has 0 aliphatic carbocycles. The van der Waals surface area contributed by atoms with Crippen molar-refractivity contribution in [1.29, 1.82) is 0 Å². The molecule has 3 heteroatoms. The Bertz CT molecular complexity index is 286. The Morgan fingerprint density at radius 2 is 2.53 bits per heavy atom. The van der Waals surface area contributed by atoms with Crippen molar-refractivity contribution >= 4 is 11.3 Å². The van der Waals surface area contributed by atoms with Crippen LogP contribution in [0.5, 0.6) is 0 Å².